The lowest BCUT2D eigenvalue weighted by atomic mass is 10.1. The van der Waals surface area contributed by atoms with Gasteiger partial charge in [-0.05, 0) is 45.1 Å². The monoisotopic (exact) mass is 499 g/mol. The van der Waals surface area contributed by atoms with Gasteiger partial charge in [0.05, 0.1) is 33.5 Å². The maximum Gasteiger partial charge on any atom is 0.276 e. The van der Waals surface area contributed by atoms with Crippen LogP contribution < -0.4 is 10.1 Å². The molecule has 9 nitrogen and oxygen atoms in total. The summed E-state index contributed by atoms with van der Waals surface area (Å²) in [5.41, 5.74) is 2.25. The van der Waals surface area contributed by atoms with Gasteiger partial charge in [0, 0.05) is 36.1 Å². The highest BCUT2D eigenvalue weighted by Gasteiger charge is 2.23. The van der Waals surface area contributed by atoms with Gasteiger partial charge in [0.25, 0.3) is 5.91 Å². The number of pyridine rings is 1. The third kappa shape index (κ3) is 4.46. The van der Waals surface area contributed by atoms with Gasteiger partial charge in [-0.25, -0.2) is 0 Å². The lowest BCUT2D eigenvalue weighted by Crippen LogP contribution is -2.16. The molecule has 2 atom stereocenters. The fourth-order valence-electron chi connectivity index (χ4n) is 4.23. The van der Waals surface area contributed by atoms with E-state index in [1.54, 1.807) is 18.3 Å². The van der Waals surface area contributed by atoms with Crippen LogP contribution in [0.5, 0.6) is 5.75 Å². The standard InChI is InChI=1S/C23H23Cl2N7O2/c1-13(21-18(24)9-26-10-19(21)25)34-16-3-4-20-17(7-16)22(30-29-20)23(33)28-14-8-27-32(11-14)15-5-6-31(2)12-15/h3-4,7-11,13,15H,5-6,12H2,1-2H3,(H,28,33)(H,29,30)/t13-,15?/m1/s1. The van der Waals surface area contributed by atoms with E-state index in [1.165, 1.54) is 12.4 Å². The van der Waals surface area contributed by atoms with Gasteiger partial charge in [-0.1, -0.05) is 23.2 Å². The molecule has 1 aromatic carbocycles. The van der Waals surface area contributed by atoms with E-state index >= 15 is 0 Å². The second kappa shape index (κ2) is 9.25. The Morgan fingerprint density at radius 2 is 2.06 bits per heavy atom. The number of aromatic nitrogens is 5. The number of likely N-dealkylation sites (tertiary alicyclic amines) is 1. The molecule has 176 valence electrons. The van der Waals surface area contributed by atoms with Crippen LogP contribution in [0.1, 0.15) is 41.5 Å². The largest absolute Gasteiger partial charge is 0.486 e. The first-order valence-corrected chi connectivity index (χ1v) is 11.6. The molecule has 11 heteroatoms. The Kier molecular flexibility index (Phi) is 6.16. The number of hydrogen-bond acceptors (Lipinski definition) is 6. The predicted molar refractivity (Wildman–Crippen MR) is 131 cm³/mol. The number of halogens is 2. The molecule has 1 aliphatic rings. The van der Waals surface area contributed by atoms with Gasteiger partial charge in [-0.3, -0.25) is 19.6 Å². The van der Waals surface area contributed by atoms with Gasteiger partial charge in [0.15, 0.2) is 5.69 Å². The highest BCUT2D eigenvalue weighted by Crippen LogP contribution is 2.33. The van der Waals surface area contributed by atoms with Crippen molar-refractivity contribution in [2.24, 2.45) is 0 Å². The average Bonchev–Trinajstić information content (AvgIpc) is 3.53. The van der Waals surface area contributed by atoms with Crippen molar-refractivity contribution in [1.82, 2.24) is 29.9 Å². The highest BCUT2D eigenvalue weighted by atomic mass is 35.5. The number of ether oxygens (including phenoxy) is 1. The first kappa shape index (κ1) is 22.6. The van der Waals surface area contributed by atoms with E-state index in [1.807, 2.05) is 23.9 Å². The van der Waals surface area contributed by atoms with Gasteiger partial charge in [-0.15, -0.1) is 0 Å². The number of fused-ring (bicyclic) bond motifs is 1. The van der Waals surface area contributed by atoms with Gasteiger partial charge in [0.1, 0.15) is 11.9 Å². The molecule has 1 saturated heterocycles. The minimum Gasteiger partial charge on any atom is -0.486 e. The molecule has 3 aromatic heterocycles. The van der Waals surface area contributed by atoms with Crippen LogP contribution in [0.15, 0.2) is 43.0 Å². The van der Waals surface area contributed by atoms with Gasteiger partial charge in [0.2, 0.25) is 0 Å². The van der Waals surface area contributed by atoms with E-state index in [0.29, 0.717) is 38.5 Å². The van der Waals surface area contributed by atoms with Gasteiger partial charge >= 0.3 is 0 Å². The number of likely N-dealkylation sites (N-methyl/N-ethyl adjacent to an activating group) is 1. The normalized spacial score (nSPS) is 17.2. The zero-order valence-electron chi connectivity index (χ0n) is 18.6. The number of hydrogen-bond donors (Lipinski definition) is 2. The van der Waals surface area contributed by atoms with E-state index in [2.05, 4.69) is 37.5 Å². The minimum atomic E-state index is -0.426. The number of H-pyrrole nitrogens is 1. The fourth-order valence-corrected chi connectivity index (χ4v) is 4.90. The Bertz CT molecular complexity index is 1330. The summed E-state index contributed by atoms with van der Waals surface area (Å²) < 4.78 is 7.98. The molecule has 5 rings (SSSR count). The number of rotatable bonds is 6. The summed E-state index contributed by atoms with van der Waals surface area (Å²) in [6, 6.07) is 5.69. The Balaban J connectivity index is 1.34. The molecule has 0 radical (unpaired) electrons. The molecule has 1 fully saturated rings. The molecule has 1 unspecified atom stereocenters. The summed E-state index contributed by atoms with van der Waals surface area (Å²) >= 11 is 12.5. The molecular formula is C23H23Cl2N7O2. The number of nitrogens with zero attached hydrogens (tertiary/aromatic N) is 5. The fraction of sp³-hybridized carbons (Fsp3) is 0.304. The van der Waals surface area contributed by atoms with E-state index in [9.17, 15) is 4.79 Å². The molecule has 2 N–H and O–H groups in total. The molecule has 4 aromatic rings. The summed E-state index contributed by atoms with van der Waals surface area (Å²) in [5.74, 6) is 0.220. The number of carbonyl (C=O) groups is 1. The molecule has 0 saturated carbocycles. The van der Waals surface area contributed by atoms with E-state index < -0.39 is 6.10 Å². The van der Waals surface area contributed by atoms with Crippen LogP contribution >= 0.6 is 23.2 Å². The van der Waals surface area contributed by atoms with Crippen LogP contribution in [-0.2, 0) is 0 Å². The van der Waals surface area contributed by atoms with Crippen molar-refractivity contribution in [3.8, 4) is 5.75 Å². The van der Waals surface area contributed by atoms with Gasteiger partial charge < -0.3 is 15.0 Å². The number of amides is 1. The first-order chi connectivity index (χ1) is 16.4. The maximum absolute atomic E-state index is 13.0. The molecule has 0 aliphatic carbocycles. The number of nitrogens with one attached hydrogen (secondary N) is 2. The number of carbonyl (C=O) groups excluding carboxylic acids is 1. The van der Waals surface area contributed by atoms with Crippen molar-refractivity contribution in [2.45, 2.75) is 25.5 Å². The predicted octanol–water partition coefficient (Wildman–Crippen LogP) is 4.73. The van der Waals surface area contributed by atoms with Crippen LogP contribution in [0.4, 0.5) is 5.69 Å². The van der Waals surface area contributed by atoms with Crippen LogP contribution in [0.2, 0.25) is 10.0 Å². The van der Waals surface area contributed by atoms with E-state index in [0.717, 1.165) is 25.0 Å². The zero-order valence-corrected chi connectivity index (χ0v) is 20.1. The average molecular weight is 500 g/mol. The molecule has 4 heterocycles. The van der Waals surface area contributed by atoms with Crippen molar-refractivity contribution in [3.63, 3.8) is 0 Å². The number of benzene rings is 1. The summed E-state index contributed by atoms with van der Waals surface area (Å²) in [7, 11) is 2.09. The number of anilines is 1. The zero-order chi connectivity index (χ0) is 23.8. The summed E-state index contributed by atoms with van der Waals surface area (Å²) in [4.78, 5) is 19.2. The molecule has 0 spiro atoms. The Morgan fingerprint density at radius 3 is 2.79 bits per heavy atom. The van der Waals surface area contributed by atoms with Gasteiger partial charge in [-0.2, -0.15) is 10.2 Å². The quantitative estimate of drug-likeness (QED) is 0.397. The van der Waals surface area contributed by atoms with Crippen molar-refractivity contribution in [1.29, 1.82) is 0 Å². The van der Waals surface area contributed by atoms with E-state index in [4.69, 9.17) is 27.9 Å². The Morgan fingerprint density at radius 1 is 1.26 bits per heavy atom. The van der Waals surface area contributed by atoms with Crippen molar-refractivity contribution < 1.29 is 9.53 Å². The maximum atomic E-state index is 13.0. The minimum absolute atomic E-state index is 0.265. The molecule has 0 bridgehead atoms. The first-order valence-electron chi connectivity index (χ1n) is 10.9. The Labute approximate surface area is 206 Å². The van der Waals surface area contributed by atoms with Crippen LogP contribution in [0.3, 0.4) is 0 Å². The highest BCUT2D eigenvalue weighted by molar-refractivity contribution is 6.35. The van der Waals surface area contributed by atoms with Crippen molar-refractivity contribution in [3.05, 3.63) is 64.3 Å². The van der Waals surface area contributed by atoms with Crippen LogP contribution in [0.25, 0.3) is 10.9 Å². The summed E-state index contributed by atoms with van der Waals surface area (Å²) in [5, 5.41) is 15.9. The topological polar surface area (TPSA) is 101 Å². The molecule has 1 aliphatic heterocycles. The summed E-state index contributed by atoms with van der Waals surface area (Å²) in [6.45, 7) is 3.82. The lowest BCUT2D eigenvalue weighted by Gasteiger charge is -2.17. The second-order valence-corrected chi connectivity index (χ2v) is 9.24. The van der Waals surface area contributed by atoms with Crippen LogP contribution in [-0.4, -0.2) is 55.9 Å². The Hall–Kier alpha value is -3.14. The van der Waals surface area contributed by atoms with Crippen molar-refractivity contribution in [2.75, 3.05) is 25.5 Å². The third-order valence-corrected chi connectivity index (χ3v) is 6.56. The molecule has 1 amide bonds. The lowest BCUT2D eigenvalue weighted by molar-refractivity contribution is 0.102. The smallest absolute Gasteiger partial charge is 0.276 e. The van der Waals surface area contributed by atoms with Crippen LogP contribution in [0, 0.1) is 0 Å². The molecular weight excluding hydrogens is 477 g/mol. The SMILES string of the molecule is C[C@@H](Oc1ccc2[nH]nc(C(=O)Nc3cnn(C4CCN(C)C4)c3)c2c1)c1c(Cl)cncc1Cl. The second-order valence-electron chi connectivity index (χ2n) is 8.42. The third-order valence-electron chi connectivity index (χ3n) is 5.96. The molecule has 34 heavy (non-hydrogen) atoms. The summed E-state index contributed by atoms with van der Waals surface area (Å²) in [6.07, 6.45) is 7.17. The van der Waals surface area contributed by atoms with Crippen molar-refractivity contribution >= 4 is 45.7 Å². The van der Waals surface area contributed by atoms with E-state index in [-0.39, 0.29) is 11.6 Å². The number of aromatic amines is 1.